The first-order chi connectivity index (χ1) is 12.1. The third-order valence-corrected chi connectivity index (χ3v) is 4.67. The van der Waals surface area contributed by atoms with Crippen molar-refractivity contribution >= 4 is 57.5 Å². The molecule has 0 aromatic rings. The quantitative estimate of drug-likeness (QED) is 0.326. The summed E-state index contributed by atoms with van der Waals surface area (Å²) in [5.74, 6) is -4.12. The molecule has 0 aliphatic carbocycles. The van der Waals surface area contributed by atoms with Crippen LogP contribution in [0.2, 0.25) is 0 Å². The van der Waals surface area contributed by atoms with Gasteiger partial charge in [0, 0.05) is 24.9 Å². The number of amides is 2. The summed E-state index contributed by atoms with van der Waals surface area (Å²) in [5, 5.41) is 21.1. The summed E-state index contributed by atoms with van der Waals surface area (Å²) in [5.41, 5.74) is 0. The van der Waals surface area contributed by atoms with E-state index in [4.69, 9.17) is 10.2 Å². The second kappa shape index (κ2) is 12.3. The molecule has 12 heteroatoms. The Morgan fingerprint density at radius 3 is 1.62 bits per heavy atom. The van der Waals surface area contributed by atoms with Crippen molar-refractivity contribution in [3.63, 3.8) is 0 Å². The van der Waals surface area contributed by atoms with Crippen LogP contribution in [-0.4, -0.2) is 67.8 Å². The standard InChI is InChI=1S/C14H20N2O8S2/c1-3-10(18)16-9(14(23)24)6-26-12(20)4-11(19)25-5-8(13(21)22)15-7(2)17/h8-9H,3-6H2,1-2H3,(H,15,17)(H,16,18)(H,21,22)(H,23,24). The Morgan fingerprint density at radius 2 is 1.27 bits per heavy atom. The highest BCUT2D eigenvalue weighted by atomic mass is 32.2. The van der Waals surface area contributed by atoms with Crippen LogP contribution >= 0.6 is 23.5 Å². The number of hydrogen-bond acceptors (Lipinski definition) is 8. The summed E-state index contributed by atoms with van der Waals surface area (Å²) in [6, 6.07) is -2.51. The molecule has 0 saturated heterocycles. The van der Waals surface area contributed by atoms with Crippen LogP contribution in [0.5, 0.6) is 0 Å². The highest BCUT2D eigenvalue weighted by Gasteiger charge is 2.23. The van der Waals surface area contributed by atoms with E-state index in [1.165, 1.54) is 0 Å². The van der Waals surface area contributed by atoms with Gasteiger partial charge >= 0.3 is 11.9 Å². The molecule has 0 rings (SSSR count). The van der Waals surface area contributed by atoms with Gasteiger partial charge in [-0.3, -0.25) is 19.2 Å². The van der Waals surface area contributed by atoms with E-state index in [1.54, 1.807) is 6.92 Å². The number of carbonyl (C=O) groups is 6. The molecule has 0 fully saturated rings. The van der Waals surface area contributed by atoms with Gasteiger partial charge in [-0.25, -0.2) is 9.59 Å². The second-order valence-corrected chi connectivity index (χ2v) is 7.10. The second-order valence-electron chi connectivity index (χ2n) is 4.95. The number of thioether (sulfide) groups is 2. The molecule has 0 saturated carbocycles. The van der Waals surface area contributed by atoms with Gasteiger partial charge < -0.3 is 20.8 Å². The highest BCUT2D eigenvalue weighted by Crippen LogP contribution is 2.14. The minimum Gasteiger partial charge on any atom is -0.480 e. The van der Waals surface area contributed by atoms with Crippen molar-refractivity contribution < 1.29 is 39.0 Å². The summed E-state index contributed by atoms with van der Waals surface area (Å²) in [6.07, 6.45) is -0.438. The van der Waals surface area contributed by atoms with Gasteiger partial charge in [-0.05, 0) is 0 Å². The third kappa shape index (κ3) is 10.7. The van der Waals surface area contributed by atoms with Crippen LogP contribution in [-0.2, 0) is 28.8 Å². The first-order valence-electron chi connectivity index (χ1n) is 7.40. The van der Waals surface area contributed by atoms with Crippen LogP contribution in [0.25, 0.3) is 0 Å². The van der Waals surface area contributed by atoms with E-state index in [2.05, 4.69) is 10.6 Å². The largest absolute Gasteiger partial charge is 0.480 e. The van der Waals surface area contributed by atoms with Crippen LogP contribution < -0.4 is 10.6 Å². The van der Waals surface area contributed by atoms with E-state index in [-0.39, 0.29) is 17.9 Å². The number of rotatable bonds is 11. The summed E-state index contributed by atoms with van der Waals surface area (Å²) < 4.78 is 0. The number of carboxylic acid groups (broad SMARTS) is 2. The number of aliphatic carboxylic acids is 2. The lowest BCUT2D eigenvalue weighted by atomic mass is 10.3. The van der Waals surface area contributed by atoms with Crippen molar-refractivity contribution in [2.24, 2.45) is 0 Å². The maximum Gasteiger partial charge on any atom is 0.327 e. The lowest BCUT2D eigenvalue weighted by Gasteiger charge is -2.13. The Balaban J connectivity index is 4.38. The number of carboxylic acids is 2. The molecular weight excluding hydrogens is 388 g/mol. The number of hydrogen-bond donors (Lipinski definition) is 4. The van der Waals surface area contributed by atoms with E-state index >= 15 is 0 Å². The van der Waals surface area contributed by atoms with Gasteiger partial charge in [0.2, 0.25) is 11.8 Å². The molecule has 0 spiro atoms. The molecule has 0 aromatic carbocycles. The predicted octanol–water partition coefficient (Wildman–Crippen LogP) is -0.535. The van der Waals surface area contributed by atoms with Crippen LogP contribution in [0.4, 0.5) is 0 Å². The zero-order valence-electron chi connectivity index (χ0n) is 14.1. The molecule has 2 atom stereocenters. The SMILES string of the molecule is CCC(=O)NC(CSC(=O)CC(=O)SCC(NC(C)=O)C(=O)O)C(=O)O. The highest BCUT2D eigenvalue weighted by molar-refractivity contribution is 8.15. The molecule has 2 amide bonds. The van der Waals surface area contributed by atoms with Crippen LogP contribution in [0.15, 0.2) is 0 Å². The van der Waals surface area contributed by atoms with Gasteiger partial charge in [-0.1, -0.05) is 30.4 Å². The van der Waals surface area contributed by atoms with Crippen LogP contribution in [0, 0.1) is 0 Å². The average molecular weight is 408 g/mol. The number of carbonyl (C=O) groups excluding carboxylic acids is 4. The van der Waals surface area contributed by atoms with Crippen LogP contribution in [0.1, 0.15) is 26.7 Å². The van der Waals surface area contributed by atoms with Crippen molar-refractivity contribution in [1.29, 1.82) is 0 Å². The Labute approximate surface area is 157 Å². The molecule has 26 heavy (non-hydrogen) atoms. The van der Waals surface area contributed by atoms with Crippen molar-refractivity contribution in [3.05, 3.63) is 0 Å². The first-order valence-corrected chi connectivity index (χ1v) is 9.37. The van der Waals surface area contributed by atoms with E-state index in [0.717, 1.165) is 6.92 Å². The fourth-order valence-corrected chi connectivity index (χ4v) is 3.18. The van der Waals surface area contributed by atoms with Gasteiger partial charge in [-0.15, -0.1) is 0 Å². The Morgan fingerprint density at radius 1 is 0.846 bits per heavy atom. The Bertz CT molecular complexity index is 581. The minimum atomic E-state index is -1.31. The fraction of sp³-hybridized carbons (Fsp3) is 0.571. The molecular formula is C14H20N2O8S2. The van der Waals surface area contributed by atoms with Crippen molar-refractivity contribution in [2.45, 2.75) is 38.8 Å². The molecule has 0 bridgehead atoms. The smallest absolute Gasteiger partial charge is 0.327 e. The third-order valence-electron chi connectivity index (χ3n) is 2.74. The van der Waals surface area contributed by atoms with Gasteiger partial charge in [0.15, 0.2) is 10.2 Å². The van der Waals surface area contributed by atoms with Gasteiger partial charge in [0.1, 0.15) is 12.1 Å². The van der Waals surface area contributed by atoms with Crippen LogP contribution in [0.3, 0.4) is 0 Å². The summed E-state index contributed by atoms with van der Waals surface area (Å²) in [4.78, 5) is 67.5. The monoisotopic (exact) mass is 408 g/mol. The van der Waals surface area contributed by atoms with Gasteiger partial charge in [0.25, 0.3) is 0 Å². The summed E-state index contributed by atoms with van der Waals surface area (Å²) >= 11 is 1.17. The first kappa shape index (κ1) is 23.9. The lowest BCUT2D eigenvalue weighted by molar-refractivity contribution is -0.141. The van der Waals surface area contributed by atoms with E-state index in [0.29, 0.717) is 23.5 Å². The fourth-order valence-electron chi connectivity index (χ4n) is 1.46. The maximum atomic E-state index is 11.7. The zero-order valence-corrected chi connectivity index (χ0v) is 15.8. The van der Waals surface area contributed by atoms with E-state index < -0.39 is 52.5 Å². The van der Waals surface area contributed by atoms with Gasteiger partial charge in [0.05, 0.1) is 6.42 Å². The Kier molecular flexibility index (Phi) is 11.3. The molecule has 146 valence electrons. The molecule has 0 aliphatic rings. The molecule has 2 unspecified atom stereocenters. The molecule has 0 aromatic heterocycles. The topological polar surface area (TPSA) is 167 Å². The molecule has 0 aliphatic heterocycles. The van der Waals surface area contributed by atoms with Crippen molar-refractivity contribution in [1.82, 2.24) is 10.6 Å². The minimum absolute atomic E-state index is 0.0938. The lowest BCUT2D eigenvalue weighted by Crippen LogP contribution is -2.42. The zero-order chi connectivity index (χ0) is 20.3. The summed E-state index contributed by atoms with van der Waals surface area (Å²) in [7, 11) is 0. The summed E-state index contributed by atoms with van der Waals surface area (Å²) in [6.45, 7) is 2.69. The van der Waals surface area contributed by atoms with E-state index in [1.807, 2.05) is 0 Å². The van der Waals surface area contributed by atoms with E-state index in [9.17, 15) is 28.8 Å². The Hall–Kier alpha value is -2.08. The van der Waals surface area contributed by atoms with Crippen molar-refractivity contribution in [2.75, 3.05) is 11.5 Å². The molecule has 10 nitrogen and oxygen atoms in total. The maximum absolute atomic E-state index is 11.7. The predicted molar refractivity (Wildman–Crippen MR) is 94.6 cm³/mol. The van der Waals surface area contributed by atoms with Crippen molar-refractivity contribution in [3.8, 4) is 0 Å². The number of nitrogens with one attached hydrogen (secondary N) is 2. The average Bonchev–Trinajstić information content (AvgIpc) is 2.53. The molecule has 0 radical (unpaired) electrons. The molecule has 0 heterocycles. The normalized spacial score (nSPS) is 12.5. The van der Waals surface area contributed by atoms with Gasteiger partial charge in [-0.2, -0.15) is 0 Å². The molecule has 4 N–H and O–H groups in total.